The quantitative estimate of drug-likeness (QED) is 0.568. The van der Waals surface area contributed by atoms with Crippen molar-refractivity contribution in [3.63, 3.8) is 0 Å². The molecule has 0 radical (unpaired) electrons. The first-order valence-corrected chi connectivity index (χ1v) is 8.26. The van der Waals surface area contributed by atoms with Gasteiger partial charge in [-0.1, -0.05) is 36.4 Å². The molecule has 0 fully saturated rings. The summed E-state index contributed by atoms with van der Waals surface area (Å²) in [6.07, 6.45) is 3.24. The van der Waals surface area contributed by atoms with Crippen molar-refractivity contribution in [1.82, 2.24) is 19.1 Å². The van der Waals surface area contributed by atoms with Crippen LogP contribution in [0.4, 0.5) is 0 Å². The van der Waals surface area contributed by atoms with E-state index in [0.717, 1.165) is 11.3 Å². The standard InChI is InChI=1S/C20H16N4O2/c25-19-18-17(10-6-12-22-18)23(14-16-9-4-5-11-21-16)20(26)24(19)13-15-7-2-1-3-8-15/h1-12H,13-14H2. The van der Waals surface area contributed by atoms with Crippen LogP contribution in [0.3, 0.4) is 0 Å². The van der Waals surface area contributed by atoms with Gasteiger partial charge in [-0.2, -0.15) is 0 Å². The van der Waals surface area contributed by atoms with Crippen molar-refractivity contribution in [3.8, 4) is 0 Å². The normalized spacial score (nSPS) is 10.9. The van der Waals surface area contributed by atoms with Gasteiger partial charge in [0.1, 0.15) is 0 Å². The van der Waals surface area contributed by atoms with Gasteiger partial charge in [-0.05, 0) is 29.8 Å². The molecule has 0 aliphatic heterocycles. The number of hydrogen-bond acceptors (Lipinski definition) is 4. The molecular formula is C20H16N4O2. The zero-order valence-electron chi connectivity index (χ0n) is 13.9. The predicted molar refractivity (Wildman–Crippen MR) is 99.1 cm³/mol. The molecule has 0 aliphatic rings. The van der Waals surface area contributed by atoms with E-state index in [4.69, 9.17) is 0 Å². The van der Waals surface area contributed by atoms with Crippen LogP contribution in [0.2, 0.25) is 0 Å². The molecule has 0 aliphatic carbocycles. The van der Waals surface area contributed by atoms with Crippen LogP contribution >= 0.6 is 0 Å². The molecule has 0 unspecified atom stereocenters. The number of rotatable bonds is 4. The molecule has 0 saturated carbocycles. The second-order valence-electron chi connectivity index (χ2n) is 5.94. The van der Waals surface area contributed by atoms with Gasteiger partial charge in [0.15, 0.2) is 5.52 Å². The lowest BCUT2D eigenvalue weighted by molar-refractivity contribution is 0.628. The Labute approximate surface area is 149 Å². The third-order valence-electron chi connectivity index (χ3n) is 4.22. The number of aromatic nitrogens is 4. The van der Waals surface area contributed by atoms with E-state index < -0.39 is 0 Å². The summed E-state index contributed by atoms with van der Waals surface area (Å²) >= 11 is 0. The third kappa shape index (κ3) is 2.93. The van der Waals surface area contributed by atoms with Crippen LogP contribution in [0.15, 0.2) is 82.6 Å². The molecule has 6 nitrogen and oxygen atoms in total. The summed E-state index contributed by atoms with van der Waals surface area (Å²) in [6, 6.07) is 18.4. The molecule has 128 valence electrons. The lowest BCUT2D eigenvalue weighted by Crippen LogP contribution is -2.41. The van der Waals surface area contributed by atoms with Crippen molar-refractivity contribution >= 4 is 11.0 Å². The molecule has 0 spiro atoms. The molecule has 0 atom stereocenters. The Morgan fingerprint density at radius 3 is 2.27 bits per heavy atom. The number of pyridine rings is 2. The van der Waals surface area contributed by atoms with Crippen molar-refractivity contribution < 1.29 is 0 Å². The predicted octanol–water partition coefficient (Wildman–Crippen LogP) is 2.05. The van der Waals surface area contributed by atoms with Crippen LogP contribution in [0.1, 0.15) is 11.3 Å². The highest BCUT2D eigenvalue weighted by atomic mass is 16.2. The summed E-state index contributed by atoms with van der Waals surface area (Å²) in [5, 5.41) is 0. The third-order valence-corrected chi connectivity index (χ3v) is 4.22. The smallest absolute Gasteiger partial charge is 0.286 e. The van der Waals surface area contributed by atoms with E-state index in [0.29, 0.717) is 5.52 Å². The first kappa shape index (κ1) is 16.0. The van der Waals surface area contributed by atoms with Gasteiger partial charge < -0.3 is 0 Å². The second kappa shape index (κ2) is 6.76. The van der Waals surface area contributed by atoms with Crippen molar-refractivity contribution in [2.24, 2.45) is 0 Å². The summed E-state index contributed by atoms with van der Waals surface area (Å²) in [6.45, 7) is 0.476. The zero-order valence-corrected chi connectivity index (χ0v) is 13.9. The van der Waals surface area contributed by atoms with E-state index in [2.05, 4.69) is 9.97 Å². The van der Waals surface area contributed by atoms with Crippen molar-refractivity contribution in [3.05, 3.63) is 105 Å². The molecule has 1 aromatic carbocycles. The summed E-state index contributed by atoms with van der Waals surface area (Å²) in [7, 11) is 0. The Hall–Kier alpha value is -3.54. The number of benzene rings is 1. The molecule has 3 heterocycles. The van der Waals surface area contributed by atoms with Crippen LogP contribution < -0.4 is 11.2 Å². The molecule has 3 aromatic heterocycles. The minimum Gasteiger partial charge on any atom is -0.286 e. The largest absolute Gasteiger partial charge is 0.332 e. The highest BCUT2D eigenvalue weighted by molar-refractivity contribution is 5.73. The Morgan fingerprint density at radius 1 is 0.731 bits per heavy atom. The minimum absolute atomic E-state index is 0.202. The molecule has 26 heavy (non-hydrogen) atoms. The van der Waals surface area contributed by atoms with Gasteiger partial charge in [0.25, 0.3) is 5.56 Å². The van der Waals surface area contributed by atoms with E-state index in [-0.39, 0.29) is 29.9 Å². The van der Waals surface area contributed by atoms with Crippen LogP contribution in [-0.4, -0.2) is 19.1 Å². The molecule has 6 heteroatoms. The Balaban J connectivity index is 1.92. The van der Waals surface area contributed by atoms with Crippen molar-refractivity contribution in [2.45, 2.75) is 13.1 Å². The maximum absolute atomic E-state index is 13.1. The fourth-order valence-corrected chi connectivity index (χ4v) is 2.95. The Bertz CT molecular complexity index is 1170. The van der Waals surface area contributed by atoms with E-state index >= 15 is 0 Å². The Kier molecular flexibility index (Phi) is 4.15. The van der Waals surface area contributed by atoms with Gasteiger partial charge in [-0.15, -0.1) is 0 Å². The SMILES string of the molecule is O=c1c2ncccc2n(Cc2ccccn2)c(=O)n1Cc1ccccc1. The van der Waals surface area contributed by atoms with Crippen LogP contribution in [0.25, 0.3) is 11.0 Å². The molecule has 4 aromatic rings. The van der Waals surface area contributed by atoms with Crippen molar-refractivity contribution in [2.75, 3.05) is 0 Å². The minimum atomic E-state index is -0.383. The first-order chi connectivity index (χ1) is 12.7. The first-order valence-electron chi connectivity index (χ1n) is 8.26. The number of hydrogen-bond donors (Lipinski definition) is 0. The van der Waals surface area contributed by atoms with Crippen molar-refractivity contribution in [1.29, 1.82) is 0 Å². The van der Waals surface area contributed by atoms with E-state index in [9.17, 15) is 9.59 Å². The van der Waals surface area contributed by atoms with Gasteiger partial charge in [-0.25, -0.2) is 9.78 Å². The second-order valence-corrected chi connectivity index (χ2v) is 5.94. The summed E-state index contributed by atoms with van der Waals surface area (Å²) in [4.78, 5) is 34.4. The fourth-order valence-electron chi connectivity index (χ4n) is 2.95. The number of nitrogens with zero attached hydrogens (tertiary/aromatic N) is 4. The fraction of sp³-hybridized carbons (Fsp3) is 0.100. The molecule has 0 amide bonds. The van der Waals surface area contributed by atoms with E-state index in [1.165, 1.54) is 4.57 Å². The number of fused-ring (bicyclic) bond motifs is 1. The van der Waals surface area contributed by atoms with Crippen LogP contribution in [0, 0.1) is 0 Å². The lowest BCUT2D eigenvalue weighted by atomic mass is 10.2. The molecule has 0 bridgehead atoms. The van der Waals surface area contributed by atoms with Gasteiger partial charge in [-0.3, -0.25) is 18.9 Å². The van der Waals surface area contributed by atoms with Crippen LogP contribution in [-0.2, 0) is 13.1 Å². The molecule has 4 rings (SSSR count). The zero-order chi connectivity index (χ0) is 17.9. The Morgan fingerprint density at radius 2 is 1.50 bits per heavy atom. The van der Waals surface area contributed by atoms with Crippen LogP contribution in [0.5, 0.6) is 0 Å². The summed E-state index contributed by atoms with van der Waals surface area (Å²) in [5.74, 6) is 0. The highest BCUT2D eigenvalue weighted by Crippen LogP contribution is 2.08. The van der Waals surface area contributed by atoms with E-state index in [1.54, 1.807) is 29.1 Å². The van der Waals surface area contributed by atoms with E-state index in [1.807, 2.05) is 48.5 Å². The maximum Gasteiger partial charge on any atom is 0.332 e. The summed E-state index contributed by atoms with van der Waals surface area (Å²) < 4.78 is 2.78. The average Bonchev–Trinajstić information content (AvgIpc) is 2.70. The van der Waals surface area contributed by atoms with Gasteiger partial charge in [0, 0.05) is 12.4 Å². The maximum atomic E-state index is 13.1. The molecule has 0 N–H and O–H groups in total. The molecular weight excluding hydrogens is 328 g/mol. The lowest BCUT2D eigenvalue weighted by Gasteiger charge is -2.13. The van der Waals surface area contributed by atoms with Gasteiger partial charge in [0.05, 0.1) is 24.3 Å². The van der Waals surface area contributed by atoms with Gasteiger partial charge >= 0.3 is 5.69 Å². The highest BCUT2D eigenvalue weighted by Gasteiger charge is 2.14. The monoisotopic (exact) mass is 344 g/mol. The molecule has 0 saturated heterocycles. The summed E-state index contributed by atoms with van der Waals surface area (Å²) in [5.41, 5.74) is 1.66. The van der Waals surface area contributed by atoms with Gasteiger partial charge in [0.2, 0.25) is 0 Å². The average molecular weight is 344 g/mol. The topological polar surface area (TPSA) is 69.8 Å².